The van der Waals surface area contributed by atoms with Gasteiger partial charge in [-0.2, -0.15) is 0 Å². The summed E-state index contributed by atoms with van der Waals surface area (Å²) in [5, 5.41) is 5.48. The second-order valence-electron chi connectivity index (χ2n) is 7.52. The predicted octanol–water partition coefficient (Wildman–Crippen LogP) is 3.17. The molecule has 10 heteroatoms. The number of hydrogen-bond acceptors (Lipinski definition) is 6. The van der Waals surface area contributed by atoms with Crippen LogP contribution in [0.5, 0.6) is 5.75 Å². The van der Waals surface area contributed by atoms with E-state index in [0.29, 0.717) is 41.9 Å². The van der Waals surface area contributed by atoms with Crippen LogP contribution in [0.25, 0.3) is 0 Å². The van der Waals surface area contributed by atoms with Gasteiger partial charge in [0, 0.05) is 18.7 Å². The van der Waals surface area contributed by atoms with Crippen molar-refractivity contribution in [3.63, 3.8) is 0 Å². The third-order valence-corrected chi connectivity index (χ3v) is 5.99. The van der Waals surface area contributed by atoms with Crippen molar-refractivity contribution in [2.24, 2.45) is 0 Å². The zero-order valence-electron chi connectivity index (χ0n) is 18.6. The van der Waals surface area contributed by atoms with E-state index in [-0.39, 0.29) is 23.5 Å². The molecular weight excluding hydrogens is 498 g/mol. The summed E-state index contributed by atoms with van der Waals surface area (Å²) in [4.78, 5) is 38.9. The molecule has 2 atom stereocenters. The minimum absolute atomic E-state index is 0.0885. The number of esters is 1. The Morgan fingerprint density at radius 3 is 2.78 bits per heavy atom. The van der Waals surface area contributed by atoms with Crippen molar-refractivity contribution in [1.29, 1.82) is 0 Å². The molecule has 1 saturated heterocycles. The summed E-state index contributed by atoms with van der Waals surface area (Å²) in [5.41, 5.74) is 0.385. The van der Waals surface area contributed by atoms with Crippen LogP contribution in [-0.4, -0.2) is 59.6 Å². The molecule has 2 unspecified atom stereocenters. The number of ether oxygens (including phenoxy) is 2. The van der Waals surface area contributed by atoms with Crippen LogP contribution in [0.1, 0.15) is 56.8 Å². The van der Waals surface area contributed by atoms with Crippen LogP contribution < -0.4 is 15.4 Å². The Morgan fingerprint density at radius 2 is 2.12 bits per heavy atom. The lowest BCUT2D eigenvalue weighted by Crippen LogP contribution is -2.60. The summed E-state index contributed by atoms with van der Waals surface area (Å²) < 4.78 is 11.6. The van der Waals surface area contributed by atoms with Gasteiger partial charge in [-0.1, -0.05) is 20.3 Å². The maximum absolute atomic E-state index is 12.7. The average Bonchev–Trinajstić information content (AvgIpc) is 2.76. The van der Waals surface area contributed by atoms with Gasteiger partial charge < -0.3 is 19.7 Å². The fourth-order valence-corrected chi connectivity index (χ4v) is 3.81. The standard InChI is InChI=1S/C22H30BrN3O5S/c1-4-6-11-30-18-8-7-15(12-16(18)23)20(28)25-22(32)26-10-9-24-21(29)17(26)13-19(27)31-14(3)5-2/h7-8,12,14,17H,4-6,9-11,13H2,1-3H3,(H,24,29)(H,25,28,32). The van der Waals surface area contributed by atoms with E-state index in [0.717, 1.165) is 12.8 Å². The quantitative estimate of drug-likeness (QED) is 0.289. The van der Waals surface area contributed by atoms with E-state index in [9.17, 15) is 14.4 Å². The Labute approximate surface area is 202 Å². The van der Waals surface area contributed by atoms with Crippen molar-refractivity contribution in [2.75, 3.05) is 19.7 Å². The minimum Gasteiger partial charge on any atom is -0.492 e. The molecule has 0 aliphatic carbocycles. The number of amides is 2. The van der Waals surface area contributed by atoms with E-state index in [4.69, 9.17) is 21.7 Å². The van der Waals surface area contributed by atoms with Gasteiger partial charge in [-0.05, 0) is 66.1 Å². The lowest BCUT2D eigenvalue weighted by atomic mass is 10.1. The molecule has 1 aromatic carbocycles. The highest BCUT2D eigenvalue weighted by Crippen LogP contribution is 2.26. The number of carbonyl (C=O) groups excluding carboxylic acids is 3. The monoisotopic (exact) mass is 527 g/mol. The molecule has 1 aliphatic rings. The zero-order valence-corrected chi connectivity index (χ0v) is 21.0. The molecule has 1 aromatic rings. The molecule has 2 amide bonds. The lowest BCUT2D eigenvalue weighted by molar-refractivity contribution is -0.151. The zero-order chi connectivity index (χ0) is 23.7. The van der Waals surface area contributed by atoms with E-state index in [2.05, 4.69) is 33.5 Å². The topological polar surface area (TPSA) is 97.0 Å². The van der Waals surface area contributed by atoms with Gasteiger partial charge in [0.15, 0.2) is 5.11 Å². The van der Waals surface area contributed by atoms with Gasteiger partial charge in [0.05, 0.1) is 23.6 Å². The van der Waals surface area contributed by atoms with Crippen LogP contribution in [0.2, 0.25) is 0 Å². The molecule has 2 N–H and O–H groups in total. The van der Waals surface area contributed by atoms with Gasteiger partial charge in [0.2, 0.25) is 5.91 Å². The first-order chi connectivity index (χ1) is 15.3. The molecule has 0 saturated carbocycles. The first-order valence-electron chi connectivity index (χ1n) is 10.8. The van der Waals surface area contributed by atoms with E-state index < -0.39 is 17.9 Å². The SMILES string of the molecule is CCCCOc1ccc(C(=O)NC(=S)N2CCNC(=O)C2CC(=O)OC(C)CC)cc1Br. The van der Waals surface area contributed by atoms with Gasteiger partial charge in [-0.3, -0.25) is 19.7 Å². The summed E-state index contributed by atoms with van der Waals surface area (Å²) in [5.74, 6) is -0.568. The summed E-state index contributed by atoms with van der Waals surface area (Å²) in [6, 6.07) is 4.19. The summed E-state index contributed by atoms with van der Waals surface area (Å²) in [6.45, 7) is 7.12. The average molecular weight is 528 g/mol. The molecular formula is C22H30BrN3O5S. The third kappa shape index (κ3) is 7.44. The third-order valence-electron chi connectivity index (χ3n) is 5.03. The molecule has 0 bridgehead atoms. The van der Waals surface area contributed by atoms with Gasteiger partial charge in [-0.25, -0.2) is 0 Å². The van der Waals surface area contributed by atoms with E-state index >= 15 is 0 Å². The number of halogens is 1. The molecule has 0 spiro atoms. The van der Waals surface area contributed by atoms with E-state index in [1.54, 1.807) is 30.0 Å². The lowest BCUT2D eigenvalue weighted by Gasteiger charge is -2.36. The number of unbranched alkanes of at least 4 members (excludes halogenated alkanes) is 1. The fourth-order valence-electron chi connectivity index (χ4n) is 3.00. The largest absolute Gasteiger partial charge is 0.492 e. The molecule has 176 valence electrons. The van der Waals surface area contributed by atoms with Gasteiger partial charge >= 0.3 is 5.97 Å². The van der Waals surface area contributed by atoms with Crippen LogP contribution in [0.15, 0.2) is 22.7 Å². The van der Waals surface area contributed by atoms with Gasteiger partial charge in [0.25, 0.3) is 5.91 Å². The van der Waals surface area contributed by atoms with Crippen molar-refractivity contribution >= 4 is 51.0 Å². The second kappa shape index (κ2) is 12.7. The van der Waals surface area contributed by atoms with Crippen molar-refractivity contribution in [1.82, 2.24) is 15.5 Å². The number of hydrogen-bond donors (Lipinski definition) is 2. The number of nitrogens with one attached hydrogen (secondary N) is 2. The number of carbonyl (C=O) groups is 3. The van der Waals surface area contributed by atoms with Crippen molar-refractivity contribution in [3.8, 4) is 5.75 Å². The number of thiocarbonyl (C=S) groups is 1. The van der Waals surface area contributed by atoms with Crippen molar-refractivity contribution in [2.45, 2.75) is 58.6 Å². The highest BCUT2D eigenvalue weighted by Gasteiger charge is 2.34. The first-order valence-corrected chi connectivity index (χ1v) is 12.0. The number of benzene rings is 1. The molecule has 2 rings (SSSR count). The van der Waals surface area contributed by atoms with Crippen molar-refractivity contribution in [3.05, 3.63) is 28.2 Å². The highest BCUT2D eigenvalue weighted by atomic mass is 79.9. The Hall–Kier alpha value is -2.20. The molecule has 32 heavy (non-hydrogen) atoms. The molecule has 0 radical (unpaired) electrons. The second-order valence-corrected chi connectivity index (χ2v) is 8.76. The maximum Gasteiger partial charge on any atom is 0.308 e. The van der Waals surface area contributed by atoms with Crippen LogP contribution in [-0.2, 0) is 14.3 Å². The van der Waals surface area contributed by atoms with Gasteiger partial charge in [0.1, 0.15) is 11.8 Å². The van der Waals surface area contributed by atoms with Crippen LogP contribution >= 0.6 is 28.1 Å². The first kappa shape index (κ1) is 26.1. The predicted molar refractivity (Wildman–Crippen MR) is 129 cm³/mol. The Kier molecular flexibility index (Phi) is 10.4. The van der Waals surface area contributed by atoms with Crippen LogP contribution in [0.4, 0.5) is 0 Å². The molecule has 8 nitrogen and oxygen atoms in total. The summed E-state index contributed by atoms with van der Waals surface area (Å²) in [6.07, 6.45) is 2.26. The van der Waals surface area contributed by atoms with E-state index in [1.807, 2.05) is 6.92 Å². The number of piperazine rings is 1. The van der Waals surface area contributed by atoms with Crippen molar-refractivity contribution < 1.29 is 23.9 Å². The highest BCUT2D eigenvalue weighted by molar-refractivity contribution is 9.10. The maximum atomic E-state index is 12.7. The minimum atomic E-state index is -0.839. The molecule has 1 fully saturated rings. The normalized spacial score (nSPS) is 16.7. The Morgan fingerprint density at radius 1 is 1.38 bits per heavy atom. The fraction of sp³-hybridized carbons (Fsp3) is 0.545. The summed E-state index contributed by atoms with van der Waals surface area (Å²) >= 11 is 8.83. The van der Waals surface area contributed by atoms with Crippen LogP contribution in [0.3, 0.4) is 0 Å². The number of nitrogens with zero attached hydrogens (tertiary/aromatic N) is 1. The van der Waals surface area contributed by atoms with Crippen LogP contribution in [0, 0.1) is 0 Å². The van der Waals surface area contributed by atoms with E-state index in [1.165, 1.54) is 0 Å². The molecule has 0 aromatic heterocycles. The summed E-state index contributed by atoms with van der Waals surface area (Å²) in [7, 11) is 0. The van der Waals surface area contributed by atoms with Gasteiger partial charge in [-0.15, -0.1) is 0 Å². The molecule has 1 heterocycles. The Balaban J connectivity index is 2.03. The molecule has 1 aliphatic heterocycles. The Bertz CT molecular complexity index is 851. The number of rotatable bonds is 9. The smallest absolute Gasteiger partial charge is 0.308 e.